The van der Waals surface area contributed by atoms with Crippen LogP contribution in [0.4, 0.5) is 5.69 Å². The molecule has 18 heavy (non-hydrogen) atoms. The fraction of sp³-hybridized carbons (Fsp3) is 0.312. The minimum atomic E-state index is 0.363. The minimum absolute atomic E-state index is 0.363. The normalized spacial score (nSPS) is 17.6. The van der Waals surface area contributed by atoms with Crippen LogP contribution in [0, 0.1) is 13.8 Å². The lowest BCUT2D eigenvalue weighted by molar-refractivity contribution is 0.745. The number of hydrogen-bond acceptors (Lipinski definition) is 2. The zero-order valence-corrected chi connectivity index (χ0v) is 10.9. The molecule has 1 heterocycles. The number of fused-ring (bicyclic) bond motifs is 1. The van der Waals surface area contributed by atoms with Crippen LogP contribution in [-0.4, -0.2) is 4.98 Å². The number of benzene rings is 1. The Labute approximate surface area is 108 Å². The van der Waals surface area contributed by atoms with E-state index in [-0.39, 0.29) is 0 Å². The molecule has 0 amide bonds. The number of nitrogens with one attached hydrogen (secondary N) is 1. The van der Waals surface area contributed by atoms with Crippen molar-refractivity contribution in [2.75, 3.05) is 5.32 Å². The summed E-state index contributed by atoms with van der Waals surface area (Å²) in [5, 5.41) is 3.64. The topological polar surface area (TPSA) is 24.9 Å². The third-order valence-electron chi connectivity index (χ3n) is 3.68. The highest BCUT2D eigenvalue weighted by Gasteiger charge is 2.23. The summed E-state index contributed by atoms with van der Waals surface area (Å²) < 4.78 is 0. The zero-order valence-electron chi connectivity index (χ0n) is 10.9. The van der Waals surface area contributed by atoms with Crippen molar-refractivity contribution in [2.45, 2.75) is 32.7 Å². The Morgan fingerprint density at radius 1 is 1.22 bits per heavy atom. The first-order valence-electron chi connectivity index (χ1n) is 6.51. The van der Waals surface area contributed by atoms with Crippen LogP contribution in [0.1, 0.15) is 34.8 Å². The van der Waals surface area contributed by atoms with Crippen molar-refractivity contribution < 1.29 is 0 Å². The predicted octanol–water partition coefficient (Wildman–Crippen LogP) is 3.80. The van der Waals surface area contributed by atoms with Gasteiger partial charge in [0.25, 0.3) is 0 Å². The van der Waals surface area contributed by atoms with Crippen LogP contribution in [0.3, 0.4) is 0 Å². The van der Waals surface area contributed by atoms with Gasteiger partial charge in [0, 0.05) is 11.9 Å². The van der Waals surface area contributed by atoms with Crippen molar-refractivity contribution in [1.82, 2.24) is 4.98 Å². The van der Waals surface area contributed by atoms with Crippen molar-refractivity contribution in [3.63, 3.8) is 0 Å². The Balaban J connectivity index is 1.88. The second-order valence-electron chi connectivity index (χ2n) is 5.10. The van der Waals surface area contributed by atoms with Crippen LogP contribution >= 0.6 is 0 Å². The molecule has 0 bridgehead atoms. The van der Waals surface area contributed by atoms with Gasteiger partial charge in [0.15, 0.2) is 0 Å². The fourth-order valence-electron chi connectivity index (χ4n) is 2.63. The van der Waals surface area contributed by atoms with Gasteiger partial charge in [0.05, 0.1) is 11.7 Å². The van der Waals surface area contributed by atoms with E-state index in [2.05, 4.69) is 48.4 Å². The number of rotatable bonds is 2. The second kappa shape index (κ2) is 4.45. The lowest BCUT2D eigenvalue weighted by atomic mass is 10.1. The Hall–Kier alpha value is -1.83. The number of hydrogen-bond donors (Lipinski definition) is 1. The van der Waals surface area contributed by atoms with Gasteiger partial charge in [0.2, 0.25) is 0 Å². The van der Waals surface area contributed by atoms with Gasteiger partial charge in [-0.1, -0.05) is 18.2 Å². The van der Waals surface area contributed by atoms with Crippen LogP contribution in [0.2, 0.25) is 0 Å². The summed E-state index contributed by atoms with van der Waals surface area (Å²) in [6, 6.07) is 11.1. The molecule has 0 fully saturated rings. The molecule has 92 valence electrons. The van der Waals surface area contributed by atoms with Gasteiger partial charge in [-0.05, 0) is 55.5 Å². The molecule has 1 aliphatic carbocycles. The molecule has 0 saturated heterocycles. The van der Waals surface area contributed by atoms with Crippen LogP contribution in [0.15, 0.2) is 36.5 Å². The average molecular weight is 238 g/mol. The molecule has 1 aliphatic rings. The first-order valence-corrected chi connectivity index (χ1v) is 6.51. The number of nitrogens with zero attached hydrogens (tertiary/aromatic N) is 1. The third-order valence-corrected chi connectivity index (χ3v) is 3.68. The molecule has 1 atom stereocenters. The maximum Gasteiger partial charge on any atom is 0.0691 e. The molecule has 0 radical (unpaired) electrons. The van der Waals surface area contributed by atoms with Gasteiger partial charge in [-0.3, -0.25) is 4.98 Å². The molecule has 1 aromatic heterocycles. The summed E-state index contributed by atoms with van der Waals surface area (Å²) in [6.45, 7) is 4.28. The second-order valence-corrected chi connectivity index (χ2v) is 5.10. The molecular formula is C16H18N2. The van der Waals surface area contributed by atoms with E-state index in [0.29, 0.717) is 6.04 Å². The van der Waals surface area contributed by atoms with E-state index in [4.69, 9.17) is 0 Å². The summed E-state index contributed by atoms with van der Waals surface area (Å²) in [4.78, 5) is 4.53. The molecule has 2 nitrogen and oxygen atoms in total. The average Bonchev–Trinajstić information content (AvgIpc) is 2.78. The van der Waals surface area contributed by atoms with Gasteiger partial charge in [-0.25, -0.2) is 0 Å². The van der Waals surface area contributed by atoms with E-state index >= 15 is 0 Å². The highest BCUT2D eigenvalue weighted by Crippen LogP contribution is 2.33. The molecule has 1 unspecified atom stereocenters. The summed E-state index contributed by atoms with van der Waals surface area (Å²) in [5.41, 5.74) is 6.43. The molecule has 2 heteroatoms. The van der Waals surface area contributed by atoms with Gasteiger partial charge < -0.3 is 5.32 Å². The molecule has 0 saturated carbocycles. The third kappa shape index (κ3) is 1.99. The Morgan fingerprint density at radius 3 is 3.00 bits per heavy atom. The van der Waals surface area contributed by atoms with Crippen LogP contribution < -0.4 is 5.32 Å². The SMILES string of the molecule is Cc1ccc(C)c(NC2CCc3cccnc32)c1. The van der Waals surface area contributed by atoms with Gasteiger partial charge in [-0.2, -0.15) is 0 Å². The molecule has 1 aromatic carbocycles. The number of aryl methyl sites for hydroxylation is 3. The monoisotopic (exact) mass is 238 g/mol. The Kier molecular flexibility index (Phi) is 2.78. The smallest absolute Gasteiger partial charge is 0.0691 e. The Bertz CT molecular complexity index is 575. The molecule has 2 aromatic rings. The number of anilines is 1. The largest absolute Gasteiger partial charge is 0.376 e. The van der Waals surface area contributed by atoms with E-state index < -0.39 is 0 Å². The van der Waals surface area contributed by atoms with Crippen LogP contribution in [0.5, 0.6) is 0 Å². The van der Waals surface area contributed by atoms with Crippen LogP contribution in [-0.2, 0) is 6.42 Å². The van der Waals surface area contributed by atoms with Gasteiger partial charge in [-0.15, -0.1) is 0 Å². The summed E-state index contributed by atoms with van der Waals surface area (Å²) >= 11 is 0. The molecule has 0 aliphatic heterocycles. The van der Waals surface area contributed by atoms with Crippen molar-refractivity contribution >= 4 is 5.69 Å². The highest BCUT2D eigenvalue weighted by atomic mass is 15.0. The van der Waals surface area contributed by atoms with Gasteiger partial charge >= 0.3 is 0 Å². The molecular weight excluding hydrogens is 220 g/mol. The van der Waals surface area contributed by atoms with Gasteiger partial charge in [0.1, 0.15) is 0 Å². The molecule has 3 rings (SSSR count). The standard InChI is InChI=1S/C16H18N2/c1-11-5-6-12(2)15(10-11)18-14-8-7-13-4-3-9-17-16(13)14/h3-6,9-10,14,18H,7-8H2,1-2H3. The summed E-state index contributed by atoms with van der Waals surface area (Å²) in [5.74, 6) is 0. The first-order chi connectivity index (χ1) is 8.74. The molecule has 0 spiro atoms. The summed E-state index contributed by atoms with van der Waals surface area (Å²) in [7, 11) is 0. The molecule has 1 N–H and O–H groups in total. The summed E-state index contributed by atoms with van der Waals surface area (Å²) in [6.07, 6.45) is 4.16. The minimum Gasteiger partial charge on any atom is -0.376 e. The van der Waals surface area contributed by atoms with E-state index in [1.807, 2.05) is 12.3 Å². The van der Waals surface area contributed by atoms with E-state index in [1.54, 1.807) is 0 Å². The predicted molar refractivity (Wildman–Crippen MR) is 74.8 cm³/mol. The maximum atomic E-state index is 4.53. The lowest BCUT2D eigenvalue weighted by Crippen LogP contribution is -2.09. The van der Waals surface area contributed by atoms with Crippen molar-refractivity contribution in [1.29, 1.82) is 0 Å². The van der Waals surface area contributed by atoms with Crippen LogP contribution in [0.25, 0.3) is 0 Å². The highest BCUT2D eigenvalue weighted by molar-refractivity contribution is 5.54. The maximum absolute atomic E-state index is 4.53. The number of aromatic nitrogens is 1. The van der Waals surface area contributed by atoms with E-state index in [0.717, 1.165) is 12.8 Å². The van der Waals surface area contributed by atoms with Crippen molar-refractivity contribution in [2.24, 2.45) is 0 Å². The quantitative estimate of drug-likeness (QED) is 0.860. The fourth-order valence-corrected chi connectivity index (χ4v) is 2.63. The van der Waals surface area contributed by atoms with E-state index in [9.17, 15) is 0 Å². The number of pyridine rings is 1. The van der Waals surface area contributed by atoms with E-state index in [1.165, 1.54) is 28.1 Å². The van der Waals surface area contributed by atoms with Crippen molar-refractivity contribution in [3.8, 4) is 0 Å². The Morgan fingerprint density at radius 2 is 2.11 bits per heavy atom. The van der Waals surface area contributed by atoms with Crippen molar-refractivity contribution in [3.05, 3.63) is 58.9 Å². The zero-order chi connectivity index (χ0) is 12.5. The first kappa shape index (κ1) is 11.3. The lowest BCUT2D eigenvalue weighted by Gasteiger charge is -2.17.